The van der Waals surface area contributed by atoms with E-state index >= 15 is 0 Å². The number of benzene rings is 3. The van der Waals surface area contributed by atoms with Gasteiger partial charge in [0.1, 0.15) is 0 Å². The molecule has 0 N–H and O–H groups in total. The number of carbonyl (C=O) groups is 1. The lowest BCUT2D eigenvalue weighted by atomic mass is 10.1. The Bertz CT molecular complexity index is 1420. The number of thioether (sulfide) groups is 1. The molecule has 0 saturated heterocycles. The van der Waals surface area contributed by atoms with E-state index in [4.69, 9.17) is 16.6 Å². The maximum absolute atomic E-state index is 13.8. The van der Waals surface area contributed by atoms with Gasteiger partial charge >= 0.3 is 0 Å². The van der Waals surface area contributed by atoms with Crippen LogP contribution in [0.4, 0.5) is 0 Å². The summed E-state index contributed by atoms with van der Waals surface area (Å²) in [6, 6.07) is 18.9. The molecule has 0 radical (unpaired) electrons. The molecule has 0 unspecified atom stereocenters. The first-order chi connectivity index (χ1) is 16.8. The first-order valence-corrected chi connectivity index (χ1v) is 13.0. The second-order valence-corrected chi connectivity index (χ2v) is 9.88. The molecule has 5 nitrogen and oxygen atoms in total. The van der Waals surface area contributed by atoms with Crippen LogP contribution in [-0.2, 0) is 5.75 Å². The smallest absolute Gasteiger partial charge is 0.266 e. The molecule has 1 aromatic heterocycles. The van der Waals surface area contributed by atoms with Crippen molar-refractivity contribution < 1.29 is 4.79 Å². The first-order valence-electron chi connectivity index (χ1n) is 11.6. The molecule has 0 saturated carbocycles. The Labute approximate surface area is 214 Å². The zero-order valence-corrected chi connectivity index (χ0v) is 21.9. The van der Waals surface area contributed by atoms with Crippen LogP contribution in [0.2, 0.25) is 5.02 Å². The van der Waals surface area contributed by atoms with Gasteiger partial charge in [-0.15, -0.1) is 0 Å². The molecule has 4 rings (SSSR count). The third kappa shape index (κ3) is 5.44. The summed E-state index contributed by atoms with van der Waals surface area (Å²) >= 11 is 7.52. The molecule has 0 spiro atoms. The minimum Gasteiger partial charge on any atom is -0.339 e. The Morgan fingerprint density at radius 1 is 0.971 bits per heavy atom. The monoisotopic (exact) mass is 505 g/mol. The van der Waals surface area contributed by atoms with Crippen LogP contribution in [0.3, 0.4) is 0 Å². The summed E-state index contributed by atoms with van der Waals surface area (Å²) in [5.41, 5.74) is 4.90. The molecule has 1 amide bonds. The molecular formula is C28H28ClN3O2S. The molecule has 0 bridgehead atoms. The average Bonchev–Trinajstić information content (AvgIpc) is 2.83. The predicted molar refractivity (Wildman–Crippen MR) is 145 cm³/mol. The van der Waals surface area contributed by atoms with Crippen LogP contribution in [-0.4, -0.2) is 33.4 Å². The number of halogens is 1. The second-order valence-electron chi connectivity index (χ2n) is 8.51. The number of amides is 1. The van der Waals surface area contributed by atoms with Crippen molar-refractivity contribution in [3.05, 3.63) is 98.3 Å². The van der Waals surface area contributed by atoms with Crippen molar-refractivity contribution in [2.75, 3.05) is 13.1 Å². The summed E-state index contributed by atoms with van der Waals surface area (Å²) in [4.78, 5) is 33.3. The van der Waals surface area contributed by atoms with Gasteiger partial charge in [0.25, 0.3) is 11.5 Å². The fourth-order valence-corrected chi connectivity index (χ4v) is 5.22. The van der Waals surface area contributed by atoms with Gasteiger partial charge in [-0.3, -0.25) is 14.2 Å². The molecule has 0 aliphatic carbocycles. The quantitative estimate of drug-likeness (QED) is 0.214. The summed E-state index contributed by atoms with van der Waals surface area (Å²) in [5, 5.41) is 1.74. The molecule has 0 atom stereocenters. The van der Waals surface area contributed by atoms with Crippen LogP contribution in [0.15, 0.2) is 70.6 Å². The van der Waals surface area contributed by atoms with E-state index in [2.05, 4.69) is 6.07 Å². The molecular weight excluding hydrogens is 478 g/mol. The Kier molecular flexibility index (Phi) is 7.63. The van der Waals surface area contributed by atoms with E-state index < -0.39 is 0 Å². The van der Waals surface area contributed by atoms with Gasteiger partial charge in [-0.05, 0) is 86.8 Å². The van der Waals surface area contributed by atoms with Gasteiger partial charge in [-0.2, -0.15) is 0 Å². The third-order valence-corrected chi connectivity index (χ3v) is 7.14. The average molecular weight is 506 g/mol. The van der Waals surface area contributed by atoms with Gasteiger partial charge in [-0.1, -0.05) is 41.6 Å². The van der Waals surface area contributed by atoms with E-state index in [-0.39, 0.29) is 11.5 Å². The van der Waals surface area contributed by atoms with Gasteiger partial charge < -0.3 is 4.90 Å². The molecule has 180 valence electrons. The lowest BCUT2D eigenvalue weighted by Crippen LogP contribution is -2.30. The van der Waals surface area contributed by atoms with Crippen LogP contribution in [0, 0.1) is 13.8 Å². The van der Waals surface area contributed by atoms with Gasteiger partial charge in [-0.25, -0.2) is 4.98 Å². The number of aryl methyl sites for hydroxylation is 2. The van der Waals surface area contributed by atoms with Gasteiger partial charge in [0.05, 0.1) is 16.6 Å². The number of hydrogen-bond acceptors (Lipinski definition) is 4. The van der Waals surface area contributed by atoms with Crippen molar-refractivity contribution in [1.82, 2.24) is 14.5 Å². The fraction of sp³-hybridized carbons (Fsp3) is 0.250. The number of hydrogen-bond donors (Lipinski definition) is 0. The van der Waals surface area contributed by atoms with Crippen molar-refractivity contribution >= 4 is 40.2 Å². The Morgan fingerprint density at radius 3 is 2.26 bits per heavy atom. The zero-order valence-electron chi connectivity index (χ0n) is 20.3. The summed E-state index contributed by atoms with van der Waals surface area (Å²) < 4.78 is 1.68. The molecule has 7 heteroatoms. The largest absolute Gasteiger partial charge is 0.339 e. The number of rotatable bonds is 7. The van der Waals surface area contributed by atoms with Gasteiger partial charge in [0.15, 0.2) is 5.16 Å². The molecule has 1 heterocycles. The second kappa shape index (κ2) is 10.7. The highest BCUT2D eigenvalue weighted by Crippen LogP contribution is 2.26. The van der Waals surface area contributed by atoms with Crippen LogP contribution in [0.5, 0.6) is 0 Å². The third-order valence-electron chi connectivity index (χ3n) is 5.88. The van der Waals surface area contributed by atoms with Crippen LogP contribution in [0.25, 0.3) is 16.6 Å². The summed E-state index contributed by atoms with van der Waals surface area (Å²) in [6.07, 6.45) is 0. The Balaban J connectivity index is 1.86. The zero-order chi connectivity index (χ0) is 25.1. The summed E-state index contributed by atoms with van der Waals surface area (Å²) in [6.45, 7) is 9.18. The van der Waals surface area contributed by atoms with E-state index in [0.717, 1.165) is 22.4 Å². The summed E-state index contributed by atoms with van der Waals surface area (Å²) in [7, 11) is 0. The SMILES string of the molecule is CCN(CC)C(=O)c1ccc2c(=O)n(-c3cc(C)cc(C)c3)c(SCc3ccc(Cl)cc3)nc2c1. The minimum absolute atomic E-state index is 0.0624. The van der Waals surface area contributed by atoms with E-state index in [0.29, 0.717) is 45.5 Å². The highest BCUT2D eigenvalue weighted by molar-refractivity contribution is 7.98. The number of carbonyl (C=O) groups excluding carboxylic acids is 1. The highest BCUT2D eigenvalue weighted by atomic mass is 35.5. The maximum Gasteiger partial charge on any atom is 0.266 e. The molecule has 0 fully saturated rings. The van der Waals surface area contributed by atoms with Crippen molar-refractivity contribution in [1.29, 1.82) is 0 Å². The molecule has 35 heavy (non-hydrogen) atoms. The van der Waals surface area contributed by atoms with Crippen LogP contribution < -0.4 is 5.56 Å². The van der Waals surface area contributed by atoms with Crippen molar-refractivity contribution in [2.24, 2.45) is 0 Å². The molecule has 3 aromatic carbocycles. The fourth-order valence-electron chi connectivity index (χ4n) is 4.12. The summed E-state index contributed by atoms with van der Waals surface area (Å²) in [5.74, 6) is 0.561. The van der Waals surface area contributed by atoms with E-state index in [1.54, 1.807) is 27.7 Å². The van der Waals surface area contributed by atoms with Crippen LogP contribution >= 0.6 is 23.4 Å². The van der Waals surface area contributed by atoms with Crippen molar-refractivity contribution in [2.45, 2.75) is 38.6 Å². The number of fused-ring (bicyclic) bond motifs is 1. The highest BCUT2D eigenvalue weighted by Gasteiger charge is 2.18. The predicted octanol–water partition coefficient (Wildman–Crippen LogP) is 6.43. The van der Waals surface area contributed by atoms with Crippen molar-refractivity contribution in [3.63, 3.8) is 0 Å². The number of aromatic nitrogens is 2. The molecule has 4 aromatic rings. The minimum atomic E-state index is -0.152. The van der Waals surface area contributed by atoms with E-state index in [1.165, 1.54) is 11.8 Å². The molecule has 0 aliphatic rings. The maximum atomic E-state index is 13.8. The van der Waals surface area contributed by atoms with Gasteiger partial charge in [0.2, 0.25) is 0 Å². The Hall–Kier alpha value is -3.09. The Morgan fingerprint density at radius 2 is 1.63 bits per heavy atom. The van der Waals surface area contributed by atoms with E-state index in [9.17, 15) is 9.59 Å². The first kappa shape index (κ1) is 25.0. The molecule has 0 aliphatic heterocycles. The lowest BCUT2D eigenvalue weighted by molar-refractivity contribution is 0.0773. The topological polar surface area (TPSA) is 55.2 Å². The normalized spacial score (nSPS) is 11.1. The van der Waals surface area contributed by atoms with Gasteiger partial charge in [0, 0.05) is 29.4 Å². The van der Waals surface area contributed by atoms with Crippen molar-refractivity contribution in [3.8, 4) is 5.69 Å². The standard InChI is InChI=1S/C28H28ClN3O2S/c1-5-31(6-2)26(33)21-9-12-24-25(16-21)30-28(35-17-20-7-10-22(29)11-8-20)32(27(24)34)23-14-18(3)13-19(4)15-23/h7-16H,5-6,17H2,1-4H3. The van der Waals surface area contributed by atoms with E-state index in [1.807, 2.05) is 64.1 Å². The number of nitrogens with zero attached hydrogens (tertiary/aromatic N) is 3. The lowest BCUT2D eigenvalue weighted by Gasteiger charge is -2.19. The van der Waals surface area contributed by atoms with Crippen LogP contribution in [0.1, 0.15) is 40.9 Å².